The van der Waals surface area contributed by atoms with E-state index in [2.05, 4.69) is 40.2 Å². The van der Waals surface area contributed by atoms with E-state index in [1.165, 1.54) is 0 Å². The molecule has 1 N–H and O–H groups in total. The number of ether oxygens (including phenoxy) is 4. The quantitative estimate of drug-likeness (QED) is 0.248. The van der Waals surface area contributed by atoms with Crippen LogP contribution in [0.25, 0.3) is 0 Å². The first-order valence-electron chi connectivity index (χ1n) is 15.9. The summed E-state index contributed by atoms with van der Waals surface area (Å²) in [5.41, 5.74) is 2.83. The number of likely N-dealkylation sites (tertiary alicyclic amines) is 1. The number of carboxylic acid groups (broad SMARTS) is 1. The minimum Gasteiger partial charge on any atom is -0.493 e. The van der Waals surface area contributed by atoms with Crippen molar-refractivity contribution in [2.75, 3.05) is 66.2 Å². The second-order valence-electron chi connectivity index (χ2n) is 13.1. The van der Waals surface area contributed by atoms with Crippen LogP contribution in [-0.2, 0) is 16.1 Å². The van der Waals surface area contributed by atoms with Crippen LogP contribution >= 0.6 is 0 Å². The van der Waals surface area contributed by atoms with E-state index in [1.54, 1.807) is 19.2 Å². The molecular weight excluding hydrogens is 586 g/mol. The van der Waals surface area contributed by atoms with Crippen molar-refractivity contribution >= 4 is 17.6 Å². The zero-order chi connectivity index (χ0) is 32.8. The molecule has 0 radical (unpaired) electrons. The van der Waals surface area contributed by atoms with E-state index in [0.717, 1.165) is 40.7 Å². The number of hydrogen-bond acceptors (Lipinski definition) is 7. The summed E-state index contributed by atoms with van der Waals surface area (Å²) in [5, 5.41) is 10.6. The highest BCUT2D eigenvalue weighted by atomic mass is 16.7. The smallest absolute Gasteiger partial charge is 0.308 e. The molecule has 2 heterocycles. The van der Waals surface area contributed by atoms with Crippen molar-refractivity contribution in [1.29, 1.82) is 0 Å². The zero-order valence-corrected chi connectivity index (χ0v) is 27.5. The van der Waals surface area contributed by atoms with Gasteiger partial charge in [0.05, 0.1) is 46.8 Å². The topological polar surface area (TPSA) is 97.8 Å². The number of quaternary nitrogens is 1. The molecule has 0 unspecified atom stereocenters. The highest BCUT2D eigenvalue weighted by Crippen LogP contribution is 2.42. The van der Waals surface area contributed by atoms with Crippen LogP contribution in [0.3, 0.4) is 0 Å². The number of carbonyl (C=O) groups is 2. The van der Waals surface area contributed by atoms with Crippen LogP contribution in [0.15, 0.2) is 66.7 Å². The van der Waals surface area contributed by atoms with Crippen molar-refractivity contribution in [3.63, 3.8) is 0 Å². The van der Waals surface area contributed by atoms with Gasteiger partial charge >= 0.3 is 5.97 Å². The molecular formula is C36H46N3O7+. The van der Waals surface area contributed by atoms with Crippen molar-refractivity contribution in [2.45, 2.75) is 38.3 Å². The number of aliphatic carboxylic acids is 1. The molecule has 246 valence electrons. The van der Waals surface area contributed by atoms with E-state index in [0.29, 0.717) is 36.1 Å². The number of hydrogen-bond donors (Lipinski definition) is 1. The summed E-state index contributed by atoms with van der Waals surface area (Å²) < 4.78 is 23.6. The maximum absolute atomic E-state index is 14.2. The molecule has 2 aliphatic rings. The Bertz CT molecular complexity index is 1520. The number of amides is 1. The molecule has 3 atom stereocenters. The monoisotopic (exact) mass is 632 g/mol. The average Bonchev–Trinajstić information content (AvgIpc) is 3.64. The zero-order valence-electron chi connectivity index (χ0n) is 27.5. The summed E-state index contributed by atoms with van der Waals surface area (Å²) in [6.45, 7) is 4.13. The van der Waals surface area contributed by atoms with Gasteiger partial charge in [-0.3, -0.25) is 14.5 Å². The van der Waals surface area contributed by atoms with Gasteiger partial charge in [-0.2, -0.15) is 0 Å². The van der Waals surface area contributed by atoms with Crippen LogP contribution < -0.4 is 23.8 Å². The summed E-state index contributed by atoms with van der Waals surface area (Å²) in [7, 11) is 7.99. The molecule has 2 aliphatic heterocycles. The predicted molar refractivity (Wildman–Crippen MR) is 176 cm³/mol. The Hall–Kier alpha value is -4.28. The number of methoxy groups -OCH3 is 1. The Morgan fingerprint density at radius 1 is 1.00 bits per heavy atom. The molecule has 10 heteroatoms. The van der Waals surface area contributed by atoms with Gasteiger partial charge in [0.1, 0.15) is 13.2 Å². The van der Waals surface area contributed by atoms with Gasteiger partial charge < -0.3 is 33.4 Å². The van der Waals surface area contributed by atoms with Crippen molar-refractivity contribution in [2.24, 2.45) is 5.92 Å². The minimum atomic E-state index is -0.943. The maximum Gasteiger partial charge on any atom is 0.308 e. The molecule has 3 aromatic rings. The Morgan fingerprint density at radius 2 is 1.76 bits per heavy atom. The Labute approximate surface area is 271 Å². The second-order valence-corrected chi connectivity index (χ2v) is 13.1. The van der Waals surface area contributed by atoms with E-state index in [9.17, 15) is 14.7 Å². The van der Waals surface area contributed by atoms with E-state index in [-0.39, 0.29) is 25.9 Å². The number of benzene rings is 3. The van der Waals surface area contributed by atoms with Crippen molar-refractivity contribution in [1.82, 2.24) is 4.90 Å². The Kier molecular flexibility index (Phi) is 10.4. The fourth-order valence-electron chi connectivity index (χ4n) is 6.44. The molecule has 0 aromatic heterocycles. The van der Waals surface area contributed by atoms with Crippen LogP contribution in [-0.4, -0.2) is 93.7 Å². The van der Waals surface area contributed by atoms with Crippen molar-refractivity contribution < 1.29 is 38.1 Å². The molecule has 10 nitrogen and oxygen atoms in total. The third-order valence-electron chi connectivity index (χ3n) is 8.59. The maximum atomic E-state index is 14.2. The lowest BCUT2D eigenvalue weighted by Crippen LogP contribution is -2.46. The van der Waals surface area contributed by atoms with Crippen LogP contribution in [0, 0.1) is 5.92 Å². The summed E-state index contributed by atoms with van der Waals surface area (Å²) in [4.78, 5) is 31.0. The van der Waals surface area contributed by atoms with Gasteiger partial charge in [0.2, 0.25) is 12.7 Å². The molecule has 1 saturated heterocycles. The second kappa shape index (κ2) is 14.4. The van der Waals surface area contributed by atoms with Crippen molar-refractivity contribution in [3.05, 3.63) is 77.9 Å². The molecule has 1 fully saturated rings. The standard InChI is InChI=1S/C36H45N3O7/c1-6-7-17-38(27-12-10-11-25(18-27)22-39(2,3)4)34(40)21-37-20-28(26-15-16-32-33(19-26)46-24-45-32)35(36(41)42)29(37)23-44-31-14-9-8-13-30(31)43-5/h8-16,18-19,28-29,35H,6-7,17,20-24H2,1-5H3/p+1/t28-,29+,35-/m1/s1. The summed E-state index contributed by atoms with van der Waals surface area (Å²) in [5.74, 6) is 0.0549. The Balaban J connectivity index is 1.45. The lowest BCUT2D eigenvalue weighted by molar-refractivity contribution is -0.884. The van der Waals surface area contributed by atoms with Gasteiger partial charge in [0, 0.05) is 30.3 Å². The molecule has 1 amide bonds. The van der Waals surface area contributed by atoms with Gasteiger partial charge in [-0.05, 0) is 48.4 Å². The predicted octanol–water partition coefficient (Wildman–Crippen LogP) is 5.01. The lowest BCUT2D eigenvalue weighted by atomic mass is 9.85. The molecule has 0 bridgehead atoms. The van der Waals surface area contributed by atoms with Crippen LogP contribution in [0.4, 0.5) is 5.69 Å². The normalized spacial score (nSPS) is 19.2. The number of carboxylic acids is 1. The molecule has 5 rings (SSSR count). The molecule has 0 spiro atoms. The molecule has 3 aromatic carbocycles. The van der Waals surface area contributed by atoms with Crippen LogP contribution in [0.5, 0.6) is 23.0 Å². The summed E-state index contributed by atoms with van der Waals surface area (Å²) in [6.07, 6.45) is 1.79. The van der Waals surface area contributed by atoms with E-state index in [1.807, 2.05) is 52.3 Å². The fraction of sp³-hybridized carbons (Fsp3) is 0.444. The summed E-state index contributed by atoms with van der Waals surface area (Å²) in [6, 6.07) is 20.4. The first kappa shape index (κ1) is 33.1. The van der Waals surface area contributed by atoms with Gasteiger partial charge in [0.15, 0.2) is 23.0 Å². The van der Waals surface area contributed by atoms with Crippen molar-refractivity contribution in [3.8, 4) is 23.0 Å². The number of carbonyl (C=O) groups excluding carboxylic acids is 1. The number of anilines is 1. The number of rotatable bonds is 14. The molecule has 46 heavy (non-hydrogen) atoms. The number of nitrogens with zero attached hydrogens (tertiary/aromatic N) is 3. The first-order chi connectivity index (χ1) is 22.1. The van der Waals surface area contributed by atoms with Crippen LogP contribution in [0.1, 0.15) is 36.8 Å². The van der Waals surface area contributed by atoms with E-state index in [4.69, 9.17) is 18.9 Å². The van der Waals surface area contributed by atoms with Gasteiger partial charge in [-0.1, -0.05) is 43.7 Å². The molecule has 0 saturated carbocycles. The van der Waals surface area contributed by atoms with Crippen LogP contribution in [0.2, 0.25) is 0 Å². The first-order valence-corrected chi connectivity index (χ1v) is 15.9. The third-order valence-corrected chi connectivity index (χ3v) is 8.59. The summed E-state index contributed by atoms with van der Waals surface area (Å²) >= 11 is 0. The highest BCUT2D eigenvalue weighted by Gasteiger charge is 2.48. The Morgan fingerprint density at radius 3 is 2.48 bits per heavy atom. The van der Waals surface area contributed by atoms with Gasteiger partial charge in [0.25, 0.3) is 0 Å². The van der Waals surface area contributed by atoms with E-state index >= 15 is 0 Å². The lowest BCUT2D eigenvalue weighted by Gasteiger charge is -2.30. The minimum absolute atomic E-state index is 0.0497. The fourth-order valence-corrected chi connectivity index (χ4v) is 6.44. The largest absolute Gasteiger partial charge is 0.493 e. The third kappa shape index (κ3) is 7.74. The average molecular weight is 633 g/mol. The number of unbranched alkanes of at least 4 members (excludes halogenated alkanes) is 1. The van der Waals surface area contributed by atoms with E-state index < -0.39 is 23.8 Å². The molecule has 0 aliphatic carbocycles. The number of para-hydroxylation sites is 2. The van der Waals surface area contributed by atoms with Gasteiger partial charge in [-0.15, -0.1) is 0 Å². The SMILES string of the molecule is CCCCN(C(=O)CN1C[C@H](c2ccc3c(c2)OCO3)[C@@H](C(=O)O)[C@@H]1COc1ccccc1OC)c1cccc(C[N+](C)(C)C)c1. The number of fused-ring (bicyclic) bond motifs is 1. The van der Waals surface area contributed by atoms with Gasteiger partial charge in [-0.25, -0.2) is 0 Å². The highest BCUT2D eigenvalue weighted by molar-refractivity contribution is 5.95.